The number of rotatable bonds is 8. The Morgan fingerprint density at radius 3 is 2.61 bits per heavy atom. The smallest absolute Gasteiger partial charge is 0.223 e. The average molecular weight is 438 g/mol. The number of aromatic nitrogens is 5. The Morgan fingerprint density at radius 2 is 1.90 bits per heavy atom. The lowest BCUT2D eigenvalue weighted by Gasteiger charge is -2.20. The molecule has 1 aromatic carbocycles. The molecule has 0 radical (unpaired) electrons. The summed E-state index contributed by atoms with van der Waals surface area (Å²) in [4.78, 5) is 17.2. The molecule has 0 aliphatic rings. The van der Waals surface area contributed by atoms with Gasteiger partial charge in [0.25, 0.3) is 0 Å². The largest absolute Gasteiger partial charge is 0.733 e. The number of imidazole rings is 1. The van der Waals surface area contributed by atoms with Gasteiger partial charge in [0.15, 0.2) is 0 Å². The summed E-state index contributed by atoms with van der Waals surface area (Å²) in [6.45, 7) is 1.05. The number of nitrogens with zero attached hydrogens (tertiary/aromatic N) is 6. The van der Waals surface area contributed by atoms with Crippen LogP contribution in [0.25, 0.3) is 16.9 Å². The van der Waals surface area contributed by atoms with Crippen molar-refractivity contribution in [3.8, 4) is 16.9 Å². The van der Waals surface area contributed by atoms with Crippen LogP contribution in [-0.2, 0) is 0 Å². The van der Waals surface area contributed by atoms with Crippen LogP contribution in [0.1, 0.15) is 0 Å². The highest BCUT2D eigenvalue weighted by Gasteiger charge is 2.14. The molecule has 31 heavy (non-hydrogen) atoms. The number of anilines is 3. The van der Waals surface area contributed by atoms with Gasteiger partial charge in [0, 0.05) is 31.0 Å². The van der Waals surface area contributed by atoms with Crippen molar-refractivity contribution in [3.05, 3.63) is 77.7 Å². The fourth-order valence-corrected chi connectivity index (χ4v) is 3.10. The first kappa shape index (κ1) is 20.5. The van der Waals surface area contributed by atoms with Gasteiger partial charge in [0.1, 0.15) is 11.5 Å². The molecule has 0 spiro atoms. The van der Waals surface area contributed by atoms with Crippen molar-refractivity contribution in [2.24, 2.45) is 0 Å². The molecule has 0 aliphatic carbocycles. The molecule has 0 saturated carbocycles. The highest BCUT2D eigenvalue weighted by atomic mass is 35.5. The quantitative estimate of drug-likeness (QED) is 0.280. The predicted octanol–water partition coefficient (Wildman–Crippen LogP) is 3.60. The molecule has 3 aromatic heterocycles. The molecule has 3 heterocycles. The number of pyridine rings is 1. The molecule has 0 amide bonds. The van der Waals surface area contributed by atoms with Crippen molar-refractivity contribution in [2.45, 2.75) is 0 Å². The lowest BCUT2D eigenvalue weighted by Crippen LogP contribution is -2.16. The first-order chi connectivity index (χ1) is 15.1. The SMILES string of the molecule is [O-]N(O)c1ccc(NCCNc2ncc(-n3ccnc3)c(-c3ccccc3Cl)n2)nc1. The molecule has 4 aromatic rings. The summed E-state index contributed by atoms with van der Waals surface area (Å²) < 4.78 is 1.83. The van der Waals surface area contributed by atoms with E-state index in [0.29, 0.717) is 35.6 Å². The van der Waals surface area contributed by atoms with E-state index in [0.717, 1.165) is 11.3 Å². The predicted molar refractivity (Wildman–Crippen MR) is 118 cm³/mol. The molecule has 0 atom stereocenters. The third kappa shape index (κ3) is 4.89. The van der Waals surface area contributed by atoms with Gasteiger partial charge in [-0.25, -0.2) is 19.9 Å². The normalized spacial score (nSPS) is 10.7. The average Bonchev–Trinajstić information content (AvgIpc) is 3.32. The third-order valence-electron chi connectivity index (χ3n) is 4.36. The van der Waals surface area contributed by atoms with E-state index in [1.807, 2.05) is 35.0 Å². The number of hydrogen-bond acceptors (Lipinski definition) is 9. The van der Waals surface area contributed by atoms with Crippen LogP contribution < -0.4 is 15.9 Å². The maximum Gasteiger partial charge on any atom is 0.223 e. The van der Waals surface area contributed by atoms with E-state index < -0.39 is 0 Å². The summed E-state index contributed by atoms with van der Waals surface area (Å²) in [7, 11) is 0. The summed E-state index contributed by atoms with van der Waals surface area (Å²) in [6.07, 6.45) is 8.17. The zero-order valence-electron chi connectivity index (χ0n) is 16.2. The Bertz CT molecular complexity index is 1140. The van der Waals surface area contributed by atoms with Gasteiger partial charge in [0.2, 0.25) is 5.95 Å². The van der Waals surface area contributed by atoms with Crippen LogP contribution >= 0.6 is 11.6 Å². The molecule has 0 bridgehead atoms. The monoisotopic (exact) mass is 437 g/mol. The summed E-state index contributed by atoms with van der Waals surface area (Å²) in [5, 5.41) is 26.3. The molecule has 158 valence electrons. The maximum atomic E-state index is 10.8. The Labute approximate surface area is 182 Å². The van der Waals surface area contributed by atoms with E-state index in [9.17, 15) is 5.21 Å². The molecule has 0 aliphatic heterocycles. The fraction of sp³-hybridized carbons (Fsp3) is 0.100. The first-order valence-corrected chi connectivity index (χ1v) is 9.70. The lowest BCUT2D eigenvalue weighted by molar-refractivity contribution is 0.296. The topological polar surface area (TPSA) is 127 Å². The van der Waals surface area contributed by atoms with Gasteiger partial charge < -0.3 is 25.6 Å². The molecule has 0 fully saturated rings. The van der Waals surface area contributed by atoms with Crippen molar-refractivity contribution in [3.63, 3.8) is 0 Å². The number of nitrogens with one attached hydrogen (secondary N) is 2. The Morgan fingerprint density at radius 1 is 1.06 bits per heavy atom. The van der Waals surface area contributed by atoms with E-state index in [1.54, 1.807) is 24.8 Å². The standard InChI is InChI=1S/C20H18ClN8O2/c21-16-4-2-1-3-15(16)19-17(28-10-9-22-13-28)12-26-20(27-19)24-8-7-23-18-6-5-14(11-25-18)29(30)31/h1-6,9-13,30H,7-8H2,(H,23,25)(H,24,26,27)/q-1. The highest BCUT2D eigenvalue weighted by molar-refractivity contribution is 6.33. The summed E-state index contributed by atoms with van der Waals surface area (Å²) in [5.74, 6) is 1.02. The molecule has 0 unspecified atom stereocenters. The highest BCUT2D eigenvalue weighted by Crippen LogP contribution is 2.31. The van der Waals surface area contributed by atoms with Gasteiger partial charge in [-0.3, -0.25) is 5.21 Å². The van der Waals surface area contributed by atoms with E-state index >= 15 is 0 Å². The van der Waals surface area contributed by atoms with Gasteiger partial charge in [-0.1, -0.05) is 29.8 Å². The zero-order chi connectivity index (χ0) is 21.6. The van der Waals surface area contributed by atoms with Crippen molar-refractivity contribution in [2.75, 3.05) is 28.9 Å². The van der Waals surface area contributed by atoms with E-state index in [2.05, 4.69) is 30.6 Å². The minimum Gasteiger partial charge on any atom is -0.733 e. The van der Waals surface area contributed by atoms with E-state index in [-0.39, 0.29) is 10.9 Å². The van der Waals surface area contributed by atoms with Crippen molar-refractivity contribution < 1.29 is 5.21 Å². The maximum absolute atomic E-state index is 10.8. The van der Waals surface area contributed by atoms with Crippen LogP contribution in [0, 0.1) is 5.21 Å². The number of benzene rings is 1. The van der Waals surface area contributed by atoms with E-state index in [4.69, 9.17) is 16.8 Å². The molecule has 0 saturated heterocycles. The van der Waals surface area contributed by atoms with Gasteiger partial charge in [-0.15, -0.1) is 0 Å². The second kappa shape index (κ2) is 9.39. The molecule has 4 rings (SSSR count). The fourth-order valence-electron chi connectivity index (χ4n) is 2.87. The minimum absolute atomic E-state index is 0.0576. The van der Waals surface area contributed by atoms with Crippen LogP contribution in [0.2, 0.25) is 5.02 Å². The van der Waals surface area contributed by atoms with Gasteiger partial charge in [0.05, 0.1) is 35.1 Å². The molecule has 11 heteroatoms. The molecular formula is C20H18ClN8O2-. The van der Waals surface area contributed by atoms with Gasteiger partial charge in [-0.2, -0.15) is 0 Å². The first-order valence-electron chi connectivity index (χ1n) is 9.32. The third-order valence-corrected chi connectivity index (χ3v) is 4.69. The number of halogens is 1. The van der Waals surface area contributed by atoms with Crippen LogP contribution in [0.15, 0.2) is 67.5 Å². The number of hydrogen-bond donors (Lipinski definition) is 3. The lowest BCUT2D eigenvalue weighted by atomic mass is 10.1. The van der Waals surface area contributed by atoms with Crippen molar-refractivity contribution >= 4 is 29.1 Å². The molecular weight excluding hydrogens is 420 g/mol. The van der Waals surface area contributed by atoms with Crippen LogP contribution in [-0.4, -0.2) is 42.8 Å². The van der Waals surface area contributed by atoms with E-state index in [1.165, 1.54) is 12.3 Å². The van der Waals surface area contributed by atoms with Gasteiger partial charge >= 0.3 is 0 Å². The Kier molecular flexibility index (Phi) is 6.22. The summed E-state index contributed by atoms with van der Waals surface area (Å²) in [5.41, 5.74) is 2.28. The van der Waals surface area contributed by atoms with Crippen molar-refractivity contribution in [1.82, 2.24) is 24.5 Å². The second-order valence-electron chi connectivity index (χ2n) is 6.41. The molecule has 10 nitrogen and oxygen atoms in total. The van der Waals surface area contributed by atoms with Crippen molar-refractivity contribution in [1.29, 1.82) is 0 Å². The molecule has 3 N–H and O–H groups in total. The second-order valence-corrected chi connectivity index (χ2v) is 6.81. The van der Waals surface area contributed by atoms with Crippen LogP contribution in [0.5, 0.6) is 0 Å². The summed E-state index contributed by atoms with van der Waals surface area (Å²) >= 11 is 6.41. The Hall–Kier alpha value is -3.73. The zero-order valence-corrected chi connectivity index (χ0v) is 16.9. The Balaban J connectivity index is 1.46. The minimum atomic E-state index is -0.236. The van der Waals surface area contributed by atoms with Gasteiger partial charge in [-0.05, 0) is 18.2 Å². The summed E-state index contributed by atoms with van der Waals surface area (Å²) in [6, 6.07) is 10.5. The van der Waals surface area contributed by atoms with Crippen LogP contribution in [0.4, 0.5) is 17.5 Å². The van der Waals surface area contributed by atoms with Crippen LogP contribution in [0.3, 0.4) is 0 Å².